The molecule has 19 heavy (non-hydrogen) atoms. The van der Waals surface area contributed by atoms with Gasteiger partial charge in [-0.25, -0.2) is 0 Å². The second-order valence-electron chi connectivity index (χ2n) is 4.60. The Morgan fingerprint density at radius 3 is 2.89 bits per heavy atom. The van der Waals surface area contributed by atoms with E-state index in [-0.39, 0.29) is 0 Å². The summed E-state index contributed by atoms with van der Waals surface area (Å²) in [5.74, 6) is 2.35. The van der Waals surface area contributed by atoms with Crippen molar-refractivity contribution in [3.63, 3.8) is 0 Å². The zero-order valence-electron chi connectivity index (χ0n) is 11.7. The van der Waals surface area contributed by atoms with E-state index in [0.29, 0.717) is 6.04 Å². The van der Waals surface area contributed by atoms with Crippen molar-refractivity contribution in [2.45, 2.75) is 26.3 Å². The number of thioether (sulfide) groups is 1. The highest BCUT2D eigenvalue weighted by Crippen LogP contribution is 2.25. The number of benzene rings is 1. The van der Waals surface area contributed by atoms with Crippen LogP contribution in [0.5, 0.6) is 0 Å². The lowest BCUT2D eigenvalue weighted by molar-refractivity contribution is 0.609. The van der Waals surface area contributed by atoms with Crippen LogP contribution in [0.3, 0.4) is 0 Å². The lowest BCUT2D eigenvalue weighted by atomic mass is 10.0. The number of nitrogens with one attached hydrogen (secondary N) is 1. The van der Waals surface area contributed by atoms with E-state index in [1.807, 2.05) is 24.0 Å². The molecule has 0 bridgehead atoms. The lowest BCUT2D eigenvalue weighted by Gasteiger charge is -2.19. The van der Waals surface area contributed by atoms with Crippen LogP contribution < -0.4 is 5.32 Å². The second-order valence-corrected chi connectivity index (χ2v) is 5.75. The quantitative estimate of drug-likeness (QED) is 0.772. The molecule has 1 aromatic carbocycles. The molecular weight excluding hydrogens is 252 g/mol. The van der Waals surface area contributed by atoms with Crippen LogP contribution in [0.15, 0.2) is 36.5 Å². The summed E-state index contributed by atoms with van der Waals surface area (Å²) in [7, 11) is 0. The fourth-order valence-electron chi connectivity index (χ4n) is 2.28. The smallest absolute Gasteiger partial charge is 0.0705 e. The summed E-state index contributed by atoms with van der Waals surface area (Å²) in [4.78, 5) is 4.45. The predicted molar refractivity (Wildman–Crippen MR) is 85.8 cm³/mol. The molecule has 0 aliphatic heterocycles. The van der Waals surface area contributed by atoms with Crippen molar-refractivity contribution in [1.82, 2.24) is 10.3 Å². The van der Waals surface area contributed by atoms with Gasteiger partial charge in [-0.1, -0.05) is 32.0 Å². The van der Waals surface area contributed by atoms with Crippen LogP contribution in [-0.2, 0) is 0 Å². The van der Waals surface area contributed by atoms with Gasteiger partial charge in [-0.3, -0.25) is 4.98 Å². The normalized spacial score (nSPS) is 12.7. The molecule has 0 fully saturated rings. The number of aromatic nitrogens is 1. The first-order chi connectivity index (χ1) is 9.36. The van der Waals surface area contributed by atoms with Crippen molar-refractivity contribution >= 4 is 22.7 Å². The van der Waals surface area contributed by atoms with Crippen molar-refractivity contribution in [3.05, 3.63) is 42.1 Å². The first-order valence-corrected chi connectivity index (χ1v) is 8.17. The van der Waals surface area contributed by atoms with Gasteiger partial charge in [0, 0.05) is 23.4 Å². The van der Waals surface area contributed by atoms with E-state index in [9.17, 15) is 0 Å². The maximum atomic E-state index is 4.45. The summed E-state index contributed by atoms with van der Waals surface area (Å²) in [5.41, 5.74) is 2.46. The summed E-state index contributed by atoms with van der Waals surface area (Å²) in [6.45, 7) is 5.39. The summed E-state index contributed by atoms with van der Waals surface area (Å²) >= 11 is 2.02. The number of nitrogens with zero attached hydrogens (tertiary/aromatic N) is 1. The number of rotatable bonds is 7. The van der Waals surface area contributed by atoms with E-state index in [2.05, 4.69) is 48.4 Å². The topological polar surface area (TPSA) is 24.9 Å². The van der Waals surface area contributed by atoms with Gasteiger partial charge in [0.1, 0.15) is 0 Å². The minimum atomic E-state index is 0.412. The first kappa shape index (κ1) is 14.4. The van der Waals surface area contributed by atoms with E-state index in [1.54, 1.807) is 0 Å². The molecule has 0 spiro atoms. The van der Waals surface area contributed by atoms with E-state index >= 15 is 0 Å². The Balaban J connectivity index is 2.27. The average molecular weight is 274 g/mol. The molecule has 1 unspecified atom stereocenters. The highest BCUT2D eigenvalue weighted by molar-refractivity contribution is 7.99. The Morgan fingerprint density at radius 1 is 1.21 bits per heavy atom. The van der Waals surface area contributed by atoms with Crippen molar-refractivity contribution in [1.29, 1.82) is 0 Å². The van der Waals surface area contributed by atoms with Gasteiger partial charge in [0.05, 0.1) is 5.52 Å². The van der Waals surface area contributed by atoms with Crippen LogP contribution in [0.1, 0.15) is 31.9 Å². The lowest BCUT2D eigenvalue weighted by Crippen LogP contribution is -2.23. The SMILES string of the molecule is CCCSCC(NCC)c1cccc2ncccc12. The molecule has 1 atom stereocenters. The molecule has 0 saturated carbocycles. The van der Waals surface area contributed by atoms with Gasteiger partial charge in [-0.15, -0.1) is 0 Å². The van der Waals surface area contributed by atoms with Crippen molar-refractivity contribution < 1.29 is 0 Å². The van der Waals surface area contributed by atoms with Crippen molar-refractivity contribution in [2.24, 2.45) is 0 Å². The monoisotopic (exact) mass is 274 g/mol. The molecule has 0 aliphatic rings. The highest BCUT2D eigenvalue weighted by Gasteiger charge is 2.13. The van der Waals surface area contributed by atoms with E-state index in [4.69, 9.17) is 0 Å². The number of hydrogen-bond acceptors (Lipinski definition) is 3. The molecular formula is C16H22N2S. The number of fused-ring (bicyclic) bond motifs is 1. The van der Waals surface area contributed by atoms with E-state index in [1.165, 1.54) is 23.1 Å². The van der Waals surface area contributed by atoms with E-state index in [0.717, 1.165) is 17.8 Å². The molecule has 3 heteroatoms. The fourth-order valence-corrected chi connectivity index (χ4v) is 3.27. The molecule has 2 aromatic rings. The summed E-state index contributed by atoms with van der Waals surface area (Å²) in [6.07, 6.45) is 3.10. The molecule has 102 valence electrons. The summed E-state index contributed by atoms with van der Waals surface area (Å²) in [5, 5.41) is 4.87. The van der Waals surface area contributed by atoms with Gasteiger partial charge in [0.25, 0.3) is 0 Å². The van der Waals surface area contributed by atoms with Crippen LogP contribution in [0.4, 0.5) is 0 Å². The van der Waals surface area contributed by atoms with Crippen LogP contribution in [0.2, 0.25) is 0 Å². The molecule has 0 aliphatic carbocycles. The Kier molecular flexibility index (Phi) is 5.67. The number of pyridine rings is 1. The van der Waals surface area contributed by atoms with Gasteiger partial charge in [-0.2, -0.15) is 11.8 Å². The van der Waals surface area contributed by atoms with Gasteiger partial charge in [-0.05, 0) is 36.4 Å². The van der Waals surface area contributed by atoms with Gasteiger partial charge in [0.2, 0.25) is 0 Å². The highest BCUT2D eigenvalue weighted by atomic mass is 32.2. The van der Waals surface area contributed by atoms with Crippen LogP contribution in [0.25, 0.3) is 10.9 Å². The molecule has 1 heterocycles. The molecule has 1 aromatic heterocycles. The molecule has 2 nitrogen and oxygen atoms in total. The third-order valence-electron chi connectivity index (χ3n) is 3.14. The maximum Gasteiger partial charge on any atom is 0.0705 e. The zero-order chi connectivity index (χ0) is 13.5. The third kappa shape index (κ3) is 3.71. The first-order valence-electron chi connectivity index (χ1n) is 7.01. The van der Waals surface area contributed by atoms with Crippen LogP contribution >= 0.6 is 11.8 Å². The Bertz CT molecular complexity index is 508. The Labute approximate surface area is 120 Å². The Hall–Kier alpha value is -1.06. The largest absolute Gasteiger partial charge is 0.309 e. The summed E-state index contributed by atoms with van der Waals surface area (Å²) in [6, 6.07) is 11.0. The third-order valence-corrected chi connectivity index (χ3v) is 4.40. The van der Waals surface area contributed by atoms with E-state index < -0.39 is 0 Å². The van der Waals surface area contributed by atoms with Crippen molar-refractivity contribution in [3.8, 4) is 0 Å². The average Bonchev–Trinajstić information content (AvgIpc) is 2.46. The van der Waals surface area contributed by atoms with Gasteiger partial charge in [0.15, 0.2) is 0 Å². The zero-order valence-corrected chi connectivity index (χ0v) is 12.5. The van der Waals surface area contributed by atoms with Crippen LogP contribution in [0, 0.1) is 0 Å². The maximum absolute atomic E-state index is 4.45. The van der Waals surface area contributed by atoms with Gasteiger partial charge < -0.3 is 5.32 Å². The Morgan fingerprint density at radius 2 is 2.11 bits per heavy atom. The summed E-state index contributed by atoms with van der Waals surface area (Å²) < 4.78 is 0. The minimum Gasteiger partial charge on any atom is -0.309 e. The van der Waals surface area contributed by atoms with Gasteiger partial charge >= 0.3 is 0 Å². The minimum absolute atomic E-state index is 0.412. The van der Waals surface area contributed by atoms with Crippen molar-refractivity contribution in [2.75, 3.05) is 18.1 Å². The fraction of sp³-hybridized carbons (Fsp3) is 0.438. The molecule has 2 rings (SSSR count). The number of hydrogen-bond donors (Lipinski definition) is 1. The molecule has 0 amide bonds. The molecule has 0 radical (unpaired) electrons. The molecule has 1 N–H and O–H groups in total. The molecule has 0 saturated heterocycles. The van der Waals surface area contributed by atoms with Crippen LogP contribution in [-0.4, -0.2) is 23.0 Å². The predicted octanol–water partition coefficient (Wildman–Crippen LogP) is 4.03. The second kappa shape index (κ2) is 7.51. The standard InChI is InChI=1S/C16H22N2S/c1-3-11-19-12-16(17-4-2)14-7-5-9-15-13(14)8-6-10-18-15/h5-10,16-17H,3-4,11-12H2,1-2H3.